The molecule has 0 saturated carbocycles. The molecule has 0 aliphatic heterocycles. The molecule has 0 aliphatic rings. The van der Waals surface area contributed by atoms with Gasteiger partial charge < -0.3 is 10.8 Å². The SMILES string of the molecule is Cc1ccccc1NNC(=O)CC[C@@H](N)C(=O)O. The van der Waals surface area contributed by atoms with Crippen molar-refractivity contribution in [1.29, 1.82) is 0 Å². The standard InChI is InChI=1S/C12H17N3O3/c1-8-4-2-3-5-10(8)14-15-11(16)7-6-9(13)12(17)18/h2-5,9,14H,6-7,13H2,1H3,(H,15,16)(H,17,18)/t9-/m1/s1. The summed E-state index contributed by atoms with van der Waals surface area (Å²) in [5.41, 5.74) is 12.4. The molecular weight excluding hydrogens is 234 g/mol. The maximum Gasteiger partial charge on any atom is 0.320 e. The molecular formula is C12H17N3O3. The zero-order valence-corrected chi connectivity index (χ0v) is 10.1. The molecule has 0 bridgehead atoms. The topological polar surface area (TPSA) is 104 Å². The number of carboxylic acids is 1. The number of anilines is 1. The Bertz CT molecular complexity index is 434. The predicted octanol–water partition coefficient (Wildman–Crippen LogP) is 0.630. The van der Waals surface area contributed by atoms with Gasteiger partial charge in [-0.3, -0.25) is 20.4 Å². The molecule has 0 radical (unpaired) electrons. The molecule has 1 aromatic carbocycles. The van der Waals surface area contributed by atoms with E-state index in [1.54, 1.807) is 0 Å². The number of rotatable bonds is 6. The minimum Gasteiger partial charge on any atom is -0.480 e. The first-order chi connectivity index (χ1) is 8.50. The summed E-state index contributed by atoms with van der Waals surface area (Å²) in [7, 11) is 0. The van der Waals surface area contributed by atoms with Gasteiger partial charge in [-0.15, -0.1) is 0 Å². The number of carbonyl (C=O) groups is 2. The van der Waals surface area contributed by atoms with Crippen molar-refractivity contribution in [1.82, 2.24) is 5.43 Å². The van der Waals surface area contributed by atoms with Crippen LogP contribution in [-0.2, 0) is 9.59 Å². The fraction of sp³-hybridized carbons (Fsp3) is 0.333. The fourth-order valence-electron chi connectivity index (χ4n) is 1.32. The number of aliphatic carboxylic acids is 1. The summed E-state index contributed by atoms with van der Waals surface area (Å²) < 4.78 is 0. The zero-order valence-electron chi connectivity index (χ0n) is 10.1. The Balaban J connectivity index is 2.34. The van der Waals surface area contributed by atoms with Gasteiger partial charge in [-0.25, -0.2) is 0 Å². The highest BCUT2D eigenvalue weighted by Crippen LogP contribution is 2.11. The molecule has 0 saturated heterocycles. The van der Waals surface area contributed by atoms with Crippen LogP contribution in [0, 0.1) is 6.92 Å². The van der Waals surface area contributed by atoms with Crippen molar-refractivity contribution in [3.8, 4) is 0 Å². The van der Waals surface area contributed by atoms with Crippen LogP contribution < -0.4 is 16.6 Å². The lowest BCUT2D eigenvalue weighted by Gasteiger charge is -2.11. The number of aryl methyl sites for hydroxylation is 1. The number of carboxylic acid groups (broad SMARTS) is 1. The van der Waals surface area contributed by atoms with Crippen LogP contribution in [0.4, 0.5) is 5.69 Å². The third-order valence-corrected chi connectivity index (χ3v) is 2.48. The Labute approximate surface area is 105 Å². The predicted molar refractivity (Wildman–Crippen MR) is 67.8 cm³/mol. The van der Waals surface area contributed by atoms with E-state index in [0.717, 1.165) is 11.3 Å². The van der Waals surface area contributed by atoms with Gasteiger partial charge in [0.1, 0.15) is 6.04 Å². The molecule has 0 aromatic heterocycles. The number of hydrogen-bond acceptors (Lipinski definition) is 4. The average Bonchev–Trinajstić information content (AvgIpc) is 2.34. The number of nitrogens with one attached hydrogen (secondary N) is 2. The third kappa shape index (κ3) is 4.42. The molecule has 1 amide bonds. The molecule has 1 rings (SSSR count). The number of hydrogen-bond donors (Lipinski definition) is 4. The Morgan fingerprint density at radius 2 is 2.06 bits per heavy atom. The summed E-state index contributed by atoms with van der Waals surface area (Å²) in [6.07, 6.45) is 0.170. The molecule has 1 aromatic rings. The first kappa shape index (κ1) is 14.0. The van der Waals surface area contributed by atoms with E-state index < -0.39 is 12.0 Å². The number of nitrogens with two attached hydrogens (primary N) is 1. The molecule has 1 atom stereocenters. The van der Waals surface area contributed by atoms with Crippen LogP contribution in [0.15, 0.2) is 24.3 Å². The molecule has 6 heteroatoms. The fourth-order valence-corrected chi connectivity index (χ4v) is 1.32. The van der Waals surface area contributed by atoms with Crippen LogP contribution in [0.5, 0.6) is 0 Å². The van der Waals surface area contributed by atoms with Crippen LogP contribution in [0.2, 0.25) is 0 Å². The number of hydrazine groups is 1. The maximum atomic E-state index is 11.4. The van der Waals surface area contributed by atoms with Crippen LogP contribution in [0.3, 0.4) is 0 Å². The van der Waals surface area contributed by atoms with Crippen LogP contribution >= 0.6 is 0 Å². The largest absolute Gasteiger partial charge is 0.480 e. The van der Waals surface area contributed by atoms with Gasteiger partial charge >= 0.3 is 5.97 Å². The summed E-state index contributed by atoms with van der Waals surface area (Å²) >= 11 is 0. The van der Waals surface area contributed by atoms with Crippen LogP contribution in [-0.4, -0.2) is 23.0 Å². The second-order valence-corrected chi connectivity index (χ2v) is 3.97. The van der Waals surface area contributed by atoms with Crippen molar-refractivity contribution in [2.45, 2.75) is 25.8 Å². The molecule has 0 unspecified atom stereocenters. The maximum absolute atomic E-state index is 11.4. The van der Waals surface area contributed by atoms with Crippen molar-refractivity contribution in [2.24, 2.45) is 5.73 Å². The van der Waals surface area contributed by atoms with Crippen molar-refractivity contribution in [2.75, 3.05) is 5.43 Å². The van der Waals surface area contributed by atoms with Gasteiger partial charge in [0.05, 0.1) is 5.69 Å². The normalized spacial score (nSPS) is 11.7. The molecule has 6 nitrogen and oxygen atoms in total. The summed E-state index contributed by atoms with van der Waals surface area (Å²) in [6.45, 7) is 1.91. The first-order valence-corrected chi connectivity index (χ1v) is 5.59. The average molecular weight is 251 g/mol. The Morgan fingerprint density at radius 3 is 2.67 bits per heavy atom. The van der Waals surface area contributed by atoms with Gasteiger partial charge in [-0.2, -0.15) is 0 Å². The highest BCUT2D eigenvalue weighted by atomic mass is 16.4. The summed E-state index contributed by atoms with van der Waals surface area (Å²) in [4.78, 5) is 21.9. The third-order valence-electron chi connectivity index (χ3n) is 2.48. The Hall–Kier alpha value is -2.08. The molecule has 98 valence electrons. The van der Waals surface area contributed by atoms with E-state index in [-0.39, 0.29) is 18.7 Å². The lowest BCUT2D eigenvalue weighted by molar-refractivity contribution is -0.138. The monoisotopic (exact) mass is 251 g/mol. The zero-order chi connectivity index (χ0) is 13.5. The van der Waals surface area contributed by atoms with Crippen LogP contribution in [0.1, 0.15) is 18.4 Å². The Kier molecular flexibility index (Phi) is 5.13. The minimum atomic E-state index is -1.10. The molecule has 18 heavy (non-hydrogen) atoms. The summed E-state index contributed by atoms with van der Waals surface area (Å²) in [6, 6.07) is 6.48. The number of benzene rings is 1. The van der Waals surface area contributed by atoms with Gasteiger partial charge in [-0.1, -0.05) is 18.2 Å². The summed E-state index contributed by atoms with van der Waals surface area (Å²) in [5.74, 6) is -1.40. The van der Waals surface area contributed by atoms with Gasteiger partial charge in [-0.05, 0) is 25.0 Å². The van der Waals surface area contributed by atoms with Crippen molar-refractivity contribution < 1.29 is 14.7 Å². The van der Waals surface area contributed by atoms with Gasteiger partial charge in [0.2, 0.25) is 5.91 Å². The molecule has 0 spiro atoms. The van der Waals surface area contributed by atoms with Crippen molar-refractivity contribution in [3.63, 3.8) is 0 Å². The van der Waals surface area contributed by atoms with Gasteiger partial charge in [0.25, 0.3) is 0 Å². The highest BCUT2D eigenvalue weighted by molar-refractivity contribution is 5.79. The number of carbonyl (C=O) groups excluding carboxylic acids is 1. The lowest BCUT2D eigenvalue weighted by atomic mass is 10.1. The summed E-state index contributed by atoms with van der Waals surface area (Å²) in [5, 5.41) is 8.57. The number of para-hydroxylation sites is 1. The van der Waals surface area contributed by atoms with Gasteiger partial charge in [0, 0.05) is 6.42 Å². The molecule has 0 heterocycles. The number of amides is 1. The lowest BCUT2D eigenvalue weighted by Crippen LogP contribution is -2.34. The van der Waals surface area contributed by atoms with E-state index >= 15 is 0 Å². The van der Waals surface area contributed by atoms with E-state index in [2.05, 4.69) is 10.9 Å². The second kappa shape index (κ2) is 6.61. The van der Waals surface area contributed by atoms with E-state index in [1.807, 2.05) is 31.2 Å². The minimum absolute atomic E-state index is 0.0619. The van der Waals surface area contributed by atoms with E-state index in [0.29, 0.717) is 0 Å². The van der Waals surface area contributed by atoms with E-state index in [4.69, 9.17) is 10.8 Å². The molecule has 0 aliphatic carbocycles. The first-order valence-electron chi connectivity index (χ1n) is 5.59. The quantitative estimate of drug-likeness (QED) is 0.555. The molecule has 5 N–H and O–H groups in total. The van der Waals surface area contributed by atoms with E-state index in [9.17, 15) is 9.59 Å². The van der Waals surface area contributed by atoms with Gasteiger partial charge in [0.15, 0.2) is 0 Å². The molecule has 0 fully saturated rings. The highest BCUT2D eigenvalue weighted by Gasteiger charge is 2.13. The van der Waals surface area contributed by atoms with Crippen molar-refractivity contribution in [3.05, 3.63) is 29.8 Å². The van der Waals surface area contributed by atoms with Crippen LogP contribution in [0.25, 0.3) is 0 Å². The second-order valence-electron chi connectivity index (χ2n) is 3.97. The smallest absolute Gasteiger partial charge is 0.320 e. The van der Waals surface area contributed by atoms with Crippen molar-refractivity contribution >= 4 is 17.6 Å². The Morgan fingerprint density at radius 1 is 1.39 bits per heavy atom. The van der Waals surface area contributed by atoms with E-state index in [1.165, 1.54) is 0 Å².